The second kappa shape index (κ2) is 8.61. The average Bonchev–Trinajstić information content (AvgIpc) is 2.69. The number of nitrogens with zero attached hydrogens (tertiary/aromatic N) is 2. The lowest BCUT2D eigenvalue weighted by molar-refractivity contribution is 0.102. The van der Waals surface area contributed by atoms with Gasteiger partial charge in [-0.2, -0.15) is 0 Å². The van der Waals surface area contributed by atoms with E-state index in [1.165, 1.54) is 18.5 Å². The number of carbonyl (C=O) groups excluding carboxylic acids is 1. The van der Waals surface area contributed by atoms with Gasteiger partial charge in [-0.05, 0) is 30.0 Å². The zero-order valence-corrected chi connectivity index (χ0v) is 16.2. The third-order valence-corrected chi connectivity index (χ3v) is 4.47. The Morgan fingerprint density at radius 1 is 1.07 bits per heavy atom. The molecule has 28 heavy (non-hydrogen) atoms. The van der Waals surface area contributed by atoms with Gasteiger partial charge in [-0.3, -0.25) is 4.79 Å². The van der Waals surface area contributed by atoms with Crippen molar-refractivity contribution in [3.8, 4) is 0 Å². The number of aromatic nitrogens is 2. The first-order chi connectivity index (χ1) is 13.5. The summed E-state index contributed by atoms with van der Waals surface area (Å²) < 4.78 is 13.7. The van der Waals surface area contributed by atoms with E-state index in [0.29, 0.717) is 17.1 Å². The molecule has 0 saturated heterocycles. The summed E-state index contributed by atoms with van der Waals surface area (Å²) in [6.07, 6.45) is 2.92. The van der Waals surface area contributed by atoms with E-state index in [4.69, 9.17) is 0 Å². The minimum absolute atomic E-state index is 0.263. The van der Waals surface area contributed by atoms with Crippen LogP contribution in [0.2, 0.25) is 0 Å². The van der Waals surface area contributed by atoms with Gasteiger partial charge in [0.25, 0.3) is 5.91 Å². The highest BCUT2D eigenvalue weighted by molar-refractivity contribution is 6.04. The summed E-state index contributed by atoms with van der Waals surface area (Å²) in [7, 11) is 0. The Hall–Kier alpha value is -3.28. The molecule has 3 aromatic rings. The van der Waals surface area contributed by atoms with Crippen LogP contribution < -0.4 is 10.6 Å². The Kier molecular flexibility index (Phi) is 5.99. The van der Waals surface area contributed by atoms with Crippen molar-refractivity contribution in [2.24, 2.45) is 0 Å². The van der Waals surface area contributed by atoms with Crippen LogP contribution in [0.4, 0.5) is 16.0 Å². The van der Waals surface area contributed by atoms with E-state index in [2.05, 4.69) is 34.4 Å². The smallest absolute Gasteiger partial charge is 0.258 e. The Morgan fingerprint density at radius 3 is 2.46 bits per heavy atom. The van der Waals surface area contributed by atoms with Crippen LogP contribution in [-0.2, 0) is 6.54 Å². The van der Waals surface area contributed by atoms with Gasteiger partial charge in [0.1, 0.15) is 5.82 Å². The van der Waals surface area contributed by atoms with E-state index in [-0.39, 0.29) is 24.2 Å². The number of carbonyl (C=O) groups is 1. The molecule has 0 atom stereocenters. The molecule has 6 heteroatoms. The van der Waals surface area contributed by atoms with Crippen molar-refractivity contribution in [3.05, 3.63) is 82.9 Å². The zero-order chi connectivity index (χ0) is 20.1. The summed E-state index contributed by atoms with van der Waals surface area (Å²) in [5.41, 5.74) is 3.79. The molecule has 0 bridgehead atoms. The molecule has 3 rings (SSSR count). The number of hydrogen-bond donors (Lipinski definition) is 2. The third kappa shape index (κ3) is 4.52. The number of anilines is 2. The lowest BCUT2D eigenvalue weighted by Gasteiger charge is -2.16. The van der Waals surface area contributed by atoms with Crippen LogP contribution >= 0.6 is 0 Å². The molecule has 5 nitrogen and oxygen atoms in total. The normalized spacial score (nSPS) is 10.8. The van der Waals surface area contributed by atoms with E-state index in [1.54, 1.807) is 18.2 Å². The van der Waals surface area contributed by atoms with Gasteiger partial charge in [0, 0.05) is 30.2 Å². The summed E-state index contributed by atoms with van der Waals surface area (Å²) in [6, 6.07) is 12.5. The van der Waals surface area contributed by atoms with Gasteiger partial charge in [-0.1, -0.05) is 50.2 Å². The Morgan fingerprint density at radius 2 is 1.79 bits per heavy atom. The predicted molar refractivity (Wildman–Crippen MR) is 109 cm³/mol. The molecule has 0 aliphatic carbocycles. The molecule has 0 radical (unpaired) electrons. The van der Waals surface area contributed by atoms with Crippen LogP contribution in [0.5, 0.6) is 0 Å². The van der Waals surface area contributed by atoms with Crippen LogP contribution in [0, 0.1) is 12.7 Å². The van der Waals surface area contributed by atoms with Gasteiger partial charge < -0.3 is 10.6 Å². The highest BCUT2D eigenvalue weighted by Crippen LogP contribution is 2.27. The molecule has 144 valence electrons. The van der Waals surface area contributed by atoms with Crippen molar-refractivity contribution >= 4 is 17.5 Å². The largest absolute Gasteiger partial charge is 0.350 e. The van der Waals surface area contributed by atoms with Crippen LogP contribution in [-0.4, -0.2) is 15.9 Å². The van der Waals surface area contributed by atoms with Gasteiger partial charge in [0.2, 0.25) is 5.95 Å². The second-order valence-electron chi connectivity index (χ2n) is 6.89. The minimum atomic E-state index is -0.287. The van der Waals surface area contributed by atoms with E-state index in [0.717, 1.165) is 16.8 Å². The van der Waals surface area contributed by atoms with E-state index < -0.39 is 0 Å². The van der Waals surface area contributed by atoms with E-state index in [9.17, 15) is 9.18 Å². The fourth-order valence-electron chi connectivity index (χ4n) is 2.88. The molecule has 0 unspecified atom stereocenters. The van der Waals surface area contributed by atoms with Crippen LogP contribution in [0.1, 0.15) is 46.8 Å². The molecular weight excluding hydrogens is 355 g/mol. The minimum Gasteiger partial charge on any atom is -0.350 e. The van der Waals surface area contributed by atoms with Gasteiger partial charge in [0.15, 0.2) is 0 Å². The van der Waals surface area contributed by atoms with Crippen molar-refractivity contribution in [3.63, 3.8) is 0 Å². The average molecular weight is 378 g/mol. The standard InChI is InChI=1S/C22H23FN4O/c1-14(2)18-9-6-7-15(3)20(18)27-21(28)17-12-25-22(26-13-17)24-11-16-8-4-5-10-19(16)23/h4-10,12-14H,11H2,1-3H3,(H,27,28)(H,24,25,26). The Labute approximate surface area is 164 Å². The van der Waals surface area contributed by atoms with Crippen molar-refractivity contribution in [1.29, 1.82) is 0 Å². The number of halogens is 1. The molecule has 0 fully saturated rings. The lowest BCUT2D eigenvalue weighted by atomic mass is 9.98. The first kappa shape index (κ1) is 19.5. The van der Waals surface area contributed by atoms with Crippen molar-refractivity contribution in [2.75, 3.05) is 10.6 Å². The number of rotatable bonds is 6. The summed E-state index contributed by atoms with van der Waals surface area (Å²) in [4.78, 5) is 20.9. The quantitative estimate of drug-likeness (QED) is 0.639. The maximum Gasteiger partial charge on any atom is 0.258 e. The summed E-state index contributed by atoms with van der Waals surface area (Å²) >= 11 is 0. The maximum atomic E-state index is 13.7. The van der Waals surface area contributed by atoms with Gasteiger partial charge >= 0.3 is 0 Å². The summed E-state index contributed by atoms with van der Waals surface area (Å²) in [5, 5.41) is 5.93. The van der Waals surface area contributed by atoms with Crippen LogP contribution in [0.3, 0.4) is 0 Å². The molecule has 1 amide bonds. The summed E-state index contributed by atoms with van der Waals surface area (Å²) in [5.74, 6) is 0.0667. The number of amides is 1. The molecule has 0 aliphatic rings. The van der Waals surface area contributed by atoms with E-state index >= 15 is 0 Å². The SMILES string of the molecule is Cc1cccc(C(C)C)c1NC(=O)c1cnc(NCc2ccccc2F)nc1. The van der Waals surface area contributed by atoms with Gasteiger partial charge in [-0.25, -0.2) is 14.4 Å². The predicted octanol–water partition coefficient (Wildman–Crippen LogP) is 4.91. The molecule has 1 aromatic heterocycles. The second-order valence-corrected chi connectivity index (χ2v) is 6.89. The molecular formula is C22H23FN4O. The highest BCUT2D eigenvalue weighted by atomic mass is 19.1. The van der Waals surface area contributed by atoms with Crippen molar-refractivity contribution in [2.45, 2.75) is 33.2 Å². The summed E-state index contributed by atoms with van der Waals surface area (Å²) in [6.45, 7) is 6.40. The number of para-hydroxylation sites is 1. The van der Waals surface area contributed by atoms with Crippen molar-refractivity contribution < 1.29 is 9.18 Å². The number of hydrogen-bond acceptors (Lipinski definition) is 4. The third-order valence-electron chi connectivity index (χ3n) is 4.47. The maximum absolute atomic E-state index is 13.7. The van der Waals surface area contributed by atoms with Crippen LogP contribution in [0.25, 0.3) is 0 Å². The number of benzene rings is 2. The first-order valence-corrected chi connectivity index (χ1v) is 9.16. The number of nitrogens with one attached hydrogen (secondary N) is 2. The molecule has 0 aliphatic heterocycles. The van der Waals surface area contributed by atoms with Crippen molar-refractivity contribution in [1.82, 2.24) is 9.97 Å². The molecule has 1 heterocycles. The fourth-order valence-corrected chi connectivity index (χ4v) is 2.88. The Bertz CT molecular complexity index is 971. The van der Waals surface area contributed by atoms with Gasteiger partial charge in [-0.15, -0.1) is 0 Å². The molecule has 0 spiro atoms. The topological polar surface area (TPSA) is 66.9 Å². The molecule has 2 N–H and O–H groups in total. The lowest BCUT2D eigenvalue weighted by Crippen LogP contribution is -2.16. The fraction of sp³-hybridized carbons (Fsp3) is 0.227. The molecule has 0 saturated carbocycles. The Balaban J connectivity index is 1.68. The zero-order valence-electron chi connectivity index (χ0n) is 16.2. The highest BCUT2D eigenvalue weighted by Gasteiger charge is 2.14. The van der Waals surface area contributed by atoms with E-state index in [1.807, 2.05) is 25.1 Å². The number of aryl methyl sites for hydroxylation is 1. The first-order valence-electron chi connectivity index (χ1n) is 9.16. The van der Waals surface area contributed by atoms with Crippen LogP contribution in [0.15, 0.2) is 54.9 Å². The monoisotopic (exact) mass is 378 g/mol. The van der Waals surface area contributed by atoms with Gasteiger partial charge in [0.05, 0.1) is 5.56 Å². The molecule has 2 aromatic carbocycles.